The van der Waals surface area contributed by atoms with Gasteiger partial charge in [0.15, 0.2) is 5.96 Å². The first kappa shape index (κ1) is 20.5. The molecule has 2 atom stereocenters. The molecule has 0 aromatic heterocycles. The van der Waals surface area contributed by atoms with Gasteiger partial charge >= 0.3 is 0 Å². The Balaban J connectivity index is 1.99. The summed E-state index contributed by atoms with van der Waals surface area (Å²) in [7, 11) is -3.07. The molecule has 2 rings (SSSR count). The molecular weight excluding hydrogens is 336 g/mol. The minimum atomic E-state index is -3.07. The van der Waals surface area contributed by atoms with Gasteiger partial charge in [0.1, 0.15) is 0 Å². The van der Waals surface area contributed by atoms with Crippen LogP contribution in [0.5, 0.6) is 0 Å². The molecule has 7 heteroatoms. The summed E-state index contributed by atoms with van der Waals surface area (Å²) in [5.41, 5.74) is 0.379. The molecule has 6 nitrogen and oxygen atoms in total. The molecular formula is C18H36N4O2S. The molecule has 0 spiro atoms. The number of aliphatic imine (C=N–C) groups is 1. The van der Waals surface area contributed by atoms with Crippen molar-refractivity contribution in [2.45, 2.75) is 52.9 Å². The van der Waals surface area contributed by atoms with E-state index in [2.05, 4.69) is 31.0 Å². The fourth-order valence-electron chi connectivity index (χ4n) is 4.19. The van der Waals surface area contributed by atoms with Crippen molar-refractivity contribution < 1.29 is 8.42 Å². The summed E-state index contributed by atoms with van der Waals surface area (Å²) in [5.74, 6) is 1.33. The van der Waals surface area contributed by atoms with Crippen LogP contribution < -0.4 is 5.32 Å². The number of nitrogens with one attached hydrogen (secondary N) is 1. The van der Waals surface area contributed by atoms with Gasteiger partial charge in [0.25, 0.3) is 0 Å². The lowest BCUT2D eigenvalue weighted by molar-refractivity contribution is 0.142. The largest absolute Gasteiger partial charge is 0.357 e. The molecule has 0 aromatic carbocycles. The number of sulfonamides is 1. The highest BCUT2D eigenvalue weighted by Crippen LogP contribution is 2.34. The Morgan fingerprint density at radius 3 is 2.68 bits per heavy atom. The predicted molar refractivity (Wildman–Crippen MR) is 104 cm³/mol. The number of rotatable bonds is 6. The molecule has 2 aliphatic rings. The normalized spacial score (nSPS) is 29.2. The molecule has 0 radical (unpaired) electrons. The topological polar surface area (TPSA) is 65.0 Å². The van der Waals surface area contributed by atoms with Gasteiger partial charge in [0.2, 0.25) is 10.0 Å². The summed E-state index contributed by atoms with van der Waals surface area (Å²) in [6, 6.07) is 0. The van der Waals surface area contributed by atoms with Crippen LogP contribution in [0.4, 0.5) is 0 Å². The molecule has 0 saturated carbocycles. The van der Waals surface area contributed by atoms with Gasteiger partial charge in [-0.05, 0) is 43.9 Å². The quantitative estimate of drug-likeness (QED) is 0.573. The van der Waals surface area contributed by atoms with E-state index in [0.29, 0.717) is 31.0 Å². The van der Waals surface area contributed by atoms with E-state index in [0.717, 1.165) is 32.0 Å². The number of piperidine rings is 1. The van der Waals surface area contributed by atoms with Crippen molar-refractivity contribution in [3.63, 3.8) is 0 Å². The molecule has 2 aliphatic heterocycles. The monoisotopic (exact) mass is 372 g/mol. The Labute approximate surface area is 154 Å². The van der Waals surface area contributed by atoms with Crippen LogP contribution in [0.2, 0.25) is 0 Å². The van der Waals surface area contributed by atoms with Crippen molar-refractivity contribution in [2.75, 3.05) is 45.5 Å². The van der Waals surface area contributed by atoms with Crippen molar-refractivity contribution in [3.8, 4) is 0 Å². The summed E-state index contributed by atoms with van der Waals surface area (Å²) in [6.45, 7) is 11.7. The highest BCUT2D eigenvalue weighted by molar-refractivity contribution is 7.88. The van der Waals surface area contributed by atoms with Crippen molar-refractivity contribution >= 4 is 16.0 Å². The minimum absolute atomic E-state index is 0.329. The first-order valence-electron chi connectivity index (χ1n) is 9.76. The lowest BCUT2D eigenvalue weighted by Crippen LogP contribution is -2.50. The average Bonchev–Trinajstić information content (AvgIpc) is 3.00. The Morgan fingerprint density at radius 2 is 2.08 bits per heavy atom. The Morgan fingerprint density at radius 1 is 1.32 bits per heavy atom. The lowest BCUT2D eigenvalue weighted by atomic mass is 9.78. The number of guanidine groups is 1. The van der Waals surface area contributed by atoms with Gasteiger partial charge in [-0.2, -0.15) is 0 Å². The van der Waals surface area contributed by atoms with E-state index in [-0.39, 0.29) is 0 Å². The van der Waals surface area contributed by atoms with E-state index in [1.54, 1.807) is 4.31 Å². The maximum Gasteiger partial charge on any atom is 0.211 e. The van der Waals surface area contributed by atoms with Crippen LogP contribution >= 0.6 is 0 Å². The van der Waals surface area contributed by atoms with Crippen molar-refractivity contribution in [1.82, 2.24) is 14.5 Å². The molecule has 2 saturated heterocycles. The van der Waals surface area contributed by atoms with Gasteiger partial charge in [-0.25, -0.2) is 12.7 Å². The van der Waals surface area contributed by atoms with Crippen molar-refractivity contribution in [2.24, 2.45) is 16.3 Å². The second-order valence-electron chi connectivity index (χ2n) is 8.06. The molecule has 2 heterocycles. The summed E-state index contributed by atoms with van der Waals surface area (Å²) >= 11 is 0. The van der Waals surface area contributed by atoms with E-state index < -0.39 is 10.0 Å². The third-order valence-corrected chi connectivity index (χ3v) is 6.76. The van der Waals surface area contributed by atoms with Crippen LogP contribution in [-0.4, -0.2) is 69.1 Å². The van der Waals surface area contributed by atoms with Crippen LogP contribution in [0.25, 0.3) is 0 Å². The molecule has 0 bridgehead atoms. The maximum atomic E-state index is 11.7. The third kappa shape index (κ3) is 5.84. The minimum Gasteiger partial charge on any atom is -0.357 e. The average molecular weight is 373 g/mol. The van der Waals surface area contributed by atoms with E-state index in [4.69, 9.17) is 4.99 Å². The fourth-order valence-corrected chi connectivity index (χ4v) is 5.11. The lowest BCUT2D eigenvalue weighted by Gasteiger charge is -2.42. The summed E-state index contributed by atoms with van der Waals surface area (Å²) in [6.07, 6.45) is 7.19. The zero-order chi connectivity index (χ0) is 18.5. The SMILES string of the molecule is CCCC1(C)CCCN(C(=NCC2CCN(S(C)(=O)=O)C2)NCC)C1. The molecule has 146 valence electrons. The Kier molecular flexibility index (Phi) is 7.14. The summed E-state index contributed by atoms with van der Waals surface area (Å²) in [4.78, 5) is 7.28. The smallest absolute Gasteiger partial charge is 0.211 e. The van der Waals surface area contributed by atoms with Gasteiger partial charge in [-0.3, -0.25) is 4.99 Å². The molecule has 2 unspecified atom stereocenters. The number of hydrogen-bond donors (Lipinski definition) is 1. The molecule has 0 aromatic rings. The third-order valence-electron chi connectivity index (χ3n) is 5.49. The number of likely N-dealkylation sites (tertiary alicyclic amines) is 1. The summed E-state index contributed by atoms with van der Waals surface area (Å²) < 4.78 is 24.9. The van der Waals surface area contributed by atoms with Gasteiger partial charge in [0.05, 0.1) is 6.26 Å². The number of hydrogen-bond acceptors (Lipinski definition) is 3. The van der Waals surface area contributed by atoms with Gasteiger partial charge in [0, 0.05) is 39.3 Å². The molecule has 0 aliphatic carbocycles. The zero-order valence-electron chi connectivity index (χ0n) is 16.4. The van der Waals surface area contributed by atoms with Crippen LogP contribution in [-0.2, 0) is 10.0 Å². The van der Waals surface area contributed by atoms with E-state index in [1.807, 2.05) is 0 Å². The number of nitrogens with zero attached hydrogens (tertiary/aromatic N) is 3. The van der Waals surface area contributed by atoms with Crippen molar-refractivity contribution in [1.29, 1.82) is 0 Å². The fraction of sp³-hybridized carbons (Fsp3) is 0.944. The van der Waals surface area contributed by atoms with Crippen molar-refractivity contribution in [3.05, 3.63) is 0 Å². The van der Waals surface area contributed by atoms with Crippen LogP contribution in [0.3, 0.4) is 0 Å². The molecule has 1 N–H and O–H groups in total. The molecule has 2 fully saturated rings. The van der Waals surface area contributed by atoms with E-state index in [1.165, 1.54) is 31.9 Å². The highest BCUT2D eigenvalue weighted by atomic mass is 32.2. The van der Waals surface area contributed by atoms with E-state index in [9.17, 15) is 8.42 Å². The van der Waals surface area contributed by atoms with Gasteiger partial charge in [-0.1, -0.05) is 20.3 Å². The second-order valence-corrected chi connectivity index (χ2v) is 10.0. The van der Waals surface area contributed by atoms with Crippen LogP contribution in [0.1, 0.15) is 52.9 Å². The first-order chi connectivity index (χ1) is 11.8. The molecule has 25 heavy (non-hydrogen) atoms. The summed E-state index contributed by atoms with van der Waals surface area (Å²) in [5, 5.41) is 3.44. The second kappa shape index (κ2) is 8.71. The van der Waals surface area contributed by atoms with Gasteiger partial charge < -0.3 is 10.2 Å². The zero-order valence-corrected chi connectivity index (χ0v) is 17.2. The molecule has 0 amide bonds. The standard InChI is InChI=1S/C18H36N4O2S/c1-5-9-18(3)10-7-11-21(15-18)17(19-6-2)20-13-16-8-12-22(14-16)25(4,23)24/h16H,5-15H2,1-4H3,(H,19,20). The van der Waals surface area contributed by atoms with Crippen LogP contribution in [0, 0.1) is 11.3 Å². The first-order valence-corrected chi connectivity index (χ1v) is 11.6. The highest BCUT2D eigenvalue weighted by Gasteiger charge is 2.32. The maximum absolute atomic E-state index is 11.7. The van der Waals surface area contributed by atoms with E-state index >= 15 is 0 Å². The van der Waals surface area contributed by atoms with Gasteiger partial charge in [-0.15, -0.1) is 0 Å². The predicted octanol–water partition coefficient (Wildman–Crippen LogP) is 2.14. The Bertz CT molecular complexity index is 559. The van der Waals surface area contributed by atoms with Crippen LogP contribution in [0.15, 0.2) is 4.99 Å². The Hall–Kier alpha value is -0.820.